The van der Waals surface area contributed by atoms with E-state index in [1.165, 1.54) is 4.57 Å². The first-order chi connectivity index (χ1) is 7.30. The Morgan fingerprint density at radius 2 is 2.00 bits per heavy atom. The Bertz CT molecular complexity index is 659. The van der Waals surface area contributed by atoms with Crippen LogP contribution in [0.4, 0.5) is 5.95 Å². The summed E-state index contributed by atoms with van der Waals surface area (Å²) in [7, 11) is 0. The Morgan fingerprint density at radius 1 is 1.38 bits per heavy atom. The zero-order valence-electron chi connectivity index (χ0n) is 9.20. The number of nitrogen functional groups attached to an aromatic ring is 1. The highest BCUT2D eigenvalue weighted by Crippen LogP contribution is 2.19. The van der Waals surface area contributed by atoms with E-state index in [1.54, 1.807) is 0 Å². The van der Waals surface area contributed by atoms with Crippen molar-refractivity contribution in [1.29, 1.82) is 0 Å². The fourth-order valence-electron chi connectivity index (χ4n) is 1.52. The van der Waals surface area contributed by atoms with E-state index in [1.807, 2.05) is 20.8 Å². The molecule has 86 valence electrons. The van der Waals surface area contributed by atoms with Gasteiger partial charge in [0.15, 0.2) is 5.65 Å². The summed E-state index contributed by atoms with van der Waals surface area (Å²) < 4.78 is 1.80. The molecule has 0 radical (unpaired) electrons. The first-order valence-electron chi connectivity index (χ1n) is 4.72. The summed E-state index contributed by atoms with van der Waals surface area (Å²) in [4.78, 5) is 29.6. The summed E-state index contributed by atoms with van der Waals surface area (Å²) in [5.41, 5.74) is 5.02. The molecule has 0 unspecified atom stereocenters. The maximum absolute atomic E-state index is 11.8. The second-order valence-electron chi connectivity index (χ2n) is 4.48. The van der Waals surface area contributed by atoms with Crippen LogP contribution in [0.2, 0.25) is 0 Å². The van der Waals surface area contributed by atoms with Crippen molar-refractivity contribution in [3.8, 4) is 0 Å². The van der Waals surface area contributed by atoms with Gasteiger partial charge in [-0.15, -0.1) is 0 Å². The van der Waals surface area contributed by atoms with Crippen LogP contribution >= 0.6 is 11.3 Å². The van der Waals surface area contributed by atoms with E-state index in [-0.39, 0.29) is 16.4 Å². The van der Waals surface area contributed by atoms with Gasteiger partial charge in [-0.25, -0.2) is 0 Å². The van der Waals surface area contributed by atoms with Gasteiger partial charge in [0, 0.05) is 5.54 Å². The molecule has 2 aromatic rings. The molecular formula is C9H12N4O2S. The van der Waals surface area contributed by atoms with Gasteiger partial charge in [-0.3, -0.25) is 19.1 Å². The lowest BCUT2D eigenvalue weighted by Gasteiger charge is -2.19. The third-order valence-electron chi connectivity index (χ3n) is 2.13. The number of hydrogen-bond donors (Lipinski definition) is 2. The molecule has 0 aliphatic rings. The quantitative estimate of drug-likeness (QED) is 0.700. The molecule has 0 amide bonds. The van der Waals surface area contributed by atoms with E-state index in [2.05, 4.69) is 9.97 Å². The lowest BCUT2D eigenvalue weighted by Crippen LogP contribution is -2.30. The lowest BCUT2D eigenvalue weighted by atomic mass is 10.1. The summed E-state index contributed by atoms with van der Waals surface area (Å²) >= 11 is 0.887. The Balaban J connectivity index is 3.01. The minimum Gasteiger partial charge on any atom is -0.369 e. The molecule has 0 aliphatic heterocycles. The smallest absolute Gasteiger partial charge is 0.310 e. The number of thiazole rings is 1. The fourth-order valence-corrected chi connectivity index (χ4v) is 2.52. The van der Waals surface area contributed by atoms with Crippen LogP contribution in [-0.2, 0) is 5.54 Å². The number of hydrogen-bond acceptors (Lipinski definition) is 5. The van der Waals surface area contributed by atoms with Gasteiger partial charge in [0.05, 0.1) is 0 Å². The van der Waals surface area contributed by atoms with E-state index >= 15 is 0 Å². The normalized spacial score (nSPS) is 12.2. The number of rotatable bonds is 0. The van der Waals surface area contributed by atoms with Gasteiger partial charge in [-0.1, -0.05) is 11.3 Å². The van der Waals surface area contributed by atoms with Crippen molar-refractivity contribution in [1.82, 2.24) is 14.5 Å². The molecule has 2 heterocycles. The number of anilines is 1. The highest BCUT2D eigenvalue weighted by molar-refractivity contribution is 7.16. The van der Waals surface area contributed by atoms with Crippen LogP contribution in [0, 0.1) is 0 Å². The molecular weight excluding hydrogens is 228 g/mol. The number of nitrogens with two attached hydrogens (primary N) is 1. The number of nitrogens with one attached hydrogen (secondary N) is 1. The van der Waals surface area contributed by atoms with Gasteiger partial charge >= 0.3 is 4.87 Å². The SMILES string of the molecule is CC(C)(C)n1c(=O)sc2c(=O)[nH]c(N)nc21. The number of nitrogens with zero attached hydrogens (tertiary/aromatic N) is 2. The molecule has 0 saturated heterocycles. The van der Waals surface area contributed by atoms with Crippen LogP contribution in [0.3, 0.4) is 0 Å². The molecule has 7 heteroatoms. The molecule has 0 aliphatic carbocycles. The Hall–Kier alpha value is -1.63. The number of H-pyrrole nitrogens is 1. The second-order valence-corrected chi connectivity index (χ2v) is 5.44. The second kappa shape index (κ2) is 3.18. The standard InChI is InChI=1S/C9H12N4O2S/c1-9(2,3)13-5-4(16-8(13)15)6(14)12-7(10)11-5/h1-3H3,(H3,10,11,12,14). The molecule has 2 rings (SSSR count). The van der Waals surface area contributed by atoms with Gasteiger partial charge < -0.3 is 5.73 Å². The fraction of sp³-hybridized carbons (Fsp3) is 0.444. The van der Waals surface area contributed by atoms with Gasteiger partial charge in [0.1, 0.15) is 4.70 Å². The molecule has 3 N–H and O–H groups in total. The topological polar surface area (TPSA) is 93.8 Å². The monoisotopic (exact) mass is 240 g/mol. The van der Waals surface area contributed by atoms with Crippen molar-refractivity contribution in [2.24, 2.45) is 0 Å². The zero-order valence-corrected chi connectivity index (χ0v) is 10.0. The highest BCUT2D eigenvalue weighted by atomic mass is 32.1. The van der Waals surface area contributed by atoms with Crippen molar-refractivity contribution < 1.29 is 0 Å². The average Bonchev–Trinajstić information content (AvgIpc) is 2.40. The van der Waals surface area contributed by atoms with Gasteiger partial charge in [0.2, 0.25) is 5.95 Å². The number of aromatic nitrogens is 3. The molecule has 0 atom stereocenters. The lowest BCUT2D eigenvalue weighted by molar-refractivity contribution is 0.401. The summed E-state index contributed by atoms with van der Waals surface area (Å²) in [6.07, 6.45) is 0. The summed E-state index contributed by atoms with van der Waals surface area (Å²) in [6.45, 7) is 5.62. The summed E-state index contributed by atoms with van der Waals surface area (Å²) in [6, 6.07) is 0. The Labute approximate surface area is 94.7 Å². The average molecular weight is 240 g/mol. The van der Waals surface area contributed by atoms with E-state index in [9.17, 15) is 9.59 Å². The van der Waals surface area contributed by atoms with Crippen LogP contribution in [0.15, 0.2) is 9.59 Å². The van der Waals surface area contributed by atoms with Crippen LogP contribution in [-0.4, -0.2) is 14.5 Å². The van der Waals surface area contributed by atoms with E-state index in [0.717, 1.165) is 11.3 Å². The molecule has 2 aromatic heterocycles. The minimum atomic E-state index is -0.428. The van der Waals surface area contributed by atoms with E-state index in [4.69, 9.17) is 5.73 Å². The molecule has 0 saturated carbocycles. The third-order valence-corrected chi connectivity index (χ3v) is 3.06. The van der Waals surface area contributed by atoms with Crippen LogP contribution in [0.5, 0.6) is 0 Å². The van der Waals surface area contributed by atoms with Crippen molar-refractivity contribution in [3.63, 3.8) is 0 Å². The number of fused-ring (bicyclic) bond motifs is 1. The van der Waals surface area contributed by atoms with Crippen molar-refractivity contribution in [2.75, 3.05) is 5.73 Å². The predicted molar refractivity (Wildman–Crippen MR) is 63.9 cm³/mol. The first kappa shape index (κ1) is 10.9. The maximum atomic E-state index is 11.8. The predicted octanol–water partition coefficient (Wildman–Crippen LogP) is 0.483. The maximum Gasteiger partial charge on any atom is 0.310 e. The number of aromatic amines is 1. The molecule has 6 nitrogen and oxygen atoms in total. The van der Waals surface area contributed by atoms with E-state index in [0.29, 0.717) is 10.3 Å². The summed E-state index contributed by atoms with van der Waals surface area (Å²) in [5.74, 6) is 0.0216. The molecule has 0 bridgehead atoms. The Kier molecular flexibility index (Phi) is 2.16. The van der Waals surface area contributed by atoms with Crippen molar-refractivity contribution in [3.05, 3.63) is 20.0 Å². The van der Waals surface area contributed by atoms with Gasteiger partial charge in [-0.2, -0.15) is 4.98 Å². The van der Waals surface area contributed by atoms with Gasteiger partial charge in [-0.05, 0) is 20.8 Å². The van der Waals surface area contributed by atoms with Crippen molar-refractivity contribution in [2.45, 2.75) is 26.3 Å². The van der Waals surface area contributed by atoms with E-state index < -0.39 is 5.54 Å². The highest BCUT2D eigenvalue weighted by Gasteiger charge is 2.22. The molecule has 0 aromatic carbocycles. The Morgan fingerprint density at radius 3 is 2.56 bits per heavy atom. The molecule has 0 fully saturated rings. The minimum absolute atomic E-state index is 0.0216. The summed E-state index contributed by atoms with van der Waals surface area (Å²) in [5, 5.41) is 0. The zero-order chi connectivity index (χ0) is 12.1. The van der Waals surface area contributed by atoms with Crippen LogP contribution in [0.25, 0.3) is 10.3 Å². The first-order valence-corrected chi connectivity index (χ1v) is 5.54. The van der Waals surface area contributed by atoms with Gasteiger partial charge in [0.25, 0.3) is 5.56 Å². The third kappa shape index (κ3) is 1.53. The van der Waals surface area contributed by atoms with Crippen LogP contribution < -0.4 is 16.2 Å². The molecule has 0 spiro atoms. The largest absolute Gasteiger partial charge is 0.369 e. The van der Waals surface area contributed by atoms with Crippen molar-refractivity contribution >= 4 is 27.6 Å². The molecule has 16 heavy (non-hydrogen) atoms. The van der Waals surface area contributed by atoms with Crippen LogP contribution in [0.1, 0.15) is 20.8 Å².